The number of H-pyrrole nitrogens is 1. The van der Waals surface area contributed by atoms with Crippen LogP contribution in [0.25, 0.3) is 22.0 Å². The van der Waals surface area contributed by atoms with E-state index >= 15 is 0 Å². The minimum atomic E-state index is -0.334. The average Bonchev–Trinajstić information content (AvgIpc) is 3.39. The van der Waals surface area contributed by atoms with Gasteiger partial charge in [-0.2, -0.15) is 5.10 Å². The van der Waals surface area contributed by atoms with Gasteiger partial charge in [0.15, 0.2) is 6.61 Å². The van der Waals surface area contributed by atoms with Gasteiger partial charge in [0, 0.05) is 33.8 Å². The van der Waals surface area contributed by atoms with Crippen LogP contribution in [0.3, 0.4) is 0 Å². The van der Waals surface area contributed by atoms with Crippen molar-refractivity contribution in [2.45, 2.75) is 6.92 Å². The maximum absolute atomic E-state index is 12.2. The SMILES string of the molecule is Cc1cccc(-c2ccoc2)c1OCC(=O)N/N=C/c1cccc2[nH]ccc12. The van der Waals surface area contributed by atoms with Gasteiger partial charge < -0.3 is 14.1 Å². The highest BCUT2D eigenvalue weighted by Gasteiger charge is 2.12. The molecule has 2 aromatic carbocycles. The van der Waals surface area contributed by atoms with E-state index in [1.807, 2.05) is 61.7 Å². The molecular weight excluding hydrogens is 354 g/mol. The van der Waals surface area contributed by atoms with Crippen molar-refractivity contribution in [3.8, 4) is 16.9 Å². The molecule has 6 nitrogen and oxygen atoms in total. The van der Waals surface area contributed by atoms with Crippen molar-refractivity contribution in [3.05, 3.63) is 78.4 Å². The quantitative estimate of drug-likeness (QED) is 0.391. The molecular formula is C22H19N3O3. The topological polar surface area (TPSA) is 79.6 Å². The van der Waals surface area contributed by atoms with E-state index < -0.39 is 0 Å². The van der Waals surface area contributed by atoms with Crippen LogP contribution in [0.4, 0.5) is 0 Å². The predicted octanol–water partition coefficient (Wildman–Crippen LogP) is 4.27. The van der Waals surface area contributed by atoms with E-state index in [-0.39, 0.29) is 12.5 Å². The summed E-state index contributed by atoms with van der Waals surface area (Å²) in [6.45, 7) is 1.80. The predicted molar refractivity (Wildman–Crippen MR) is 108 cm³/mol. The molecule has 0 aliphatic carbocycles. The molecule has 28 heavy (non-hydrogen) atoms. The number of nitrogens with zero attached hydrogens (tertiary/aromatic N) is 1. The zero-order valence-electron chi connectivity index (χ0n) is 15.3. The minimum absolute atomic E-state index is 0.138. The maximum atomic E-state index is 12.2. The lowest BCUT2D eigenvalue weighted by Crippen LogP contribution is -2.25. The van der Waals surface area contributed by atoms with E-state index in [0.29, 0.717) is 5.75 Å². The first kappa shape index (κ1) is 17.6. The zero-order chi connectivity index (χ0) is 19.3. The molecule has 2 N–H and O–H groups in total. The third-order valence-electron chi connectivity index (χ3n) is 4.41. The fraction of sp³-hybridized carbons (Fsp3) is 0.0909. The van der Waals surface area contributed by atoms with Crippen LogP contribution in [0.2, 0.25) is 0 Å². The van der Waals surface area contributed by atoms with E-state index in [4.69, 9.17) is 9.15 Å². The summed E-state index contributed by atoms with van der Waals surface area (Å²) in [5.41, 5.74) is 7.16. The lowest BCUT2D eigenvalue weighted by Gasteiger charge is -2.12. The molecule has 0 aliphatic heterocycles. The summed E-state index contributed by atoms with van der Waals surface area (Å²) in [7, 11) is 0. The van der Waals surface area contributed by atoms with Crippen LogP contribution in [0, 0.1) is 6.92 Å². The van der Waals surface area contributed by atoms with Gasteiger partial charge in [0.1, 0.15) is 5.75 Å². The number of carbonyl (C=O) groups is 1. The Morgan fingerprint density at radius 2 is 2.11 bits per heavy atom. The van der Waals surface area contributed by atoms with Crippen LogP contribution in [0.15, 0.2) is 76.8 Å². The maximum Gasteiger partial charge on any atom is 0.277 e. The molecule has 2 heterocycles. The number of hydrazone groups is 1. The highest BCUT2D eigenvalue weighted by atomic mass is 16.5. The molecule has 0 saturated carbocycles. The number of hydrogen-bond donors (Lipinski definition) is 2. The average molecular weight is 373 g/mol. The number of rotatable bonds is 6. The Kier molecular flexibility index (Phi) is 4.93. The van der Waals surface area contributed by atoms with Crippen molar-refractivity contribution < 1.29 is 13.9 Å². The number of para-hydroxylation sites is 1. The van der Waals surface area contributed by atoms with Crippen molar-refractivity contribution in [1.29, 1.82) is 0 Å². The van der Waals surface area contributed by atoms with Gasteiger partial charge in [0.25, 0.3) is 5.91 Å². The molecule has 6 heteroatoms. The summed E-state index contributed by atoms with van der Waals surface area (Å²) < 4.78 is 10.9. The fourth-order valence-corrected chi connectivity index (χ4v) is 3.06. The number of furan rings is 1. The smallest absolute Gasteiger partial charge is 0.277 e. The largest absolute Gasteiger partial charge is 0.483 e. The summed E-state index contributed by atoms with van der Waals surface area (Å²) >= 11 is 0. The first-order valence-electron chi connectivity index (χ1n) is 8.85. The molecule has 0 aliphatic rings. The zero-order valence-corrected chi connectivity index (χ0v) is 15.3. The third kappa shape index (κ3) is 3.66. The lowest BCUT2D eigenvalue weighted by molar-refractivity contribution is -0.123. The Bertz CT molecular complexity index is 1130. The molecule has 0 saturated heterocycles. The van der Waals surface area contributed by atoms with Crippen LogP contribution >= 0.6 is 0 Å². The fourth-order valence-electron chi connectivity index (χ4n) is 3.06. The van der Waals surface area contributed by atoms with Gasteiger partial charge in [0.2, 0.25) is 0 Å². The van der Waals surface area contributed by atoms with E-state index in [0.717, 1.165) is 33.2 Å². The lowest BCUT2D eigenvalue weighted by atomic mass is 10.0. The number of fused-ring (bicyclic) bond motifs is 1. The Hall–Kier alpha value is -3.80. The second-order valence-corrected chi connectivity index (χ2v) is 6.33. The third-order valence-corrected chi connectivity index (χ3v) is 4.41. The highest BCUT2D eigenvalue weighted by Crippen LogP contribution is 2.33. The molecule has 0 radical (unpaired) electrons. The Morgan fingerprint density at radius 1 is 1.21 bits per heavy atom. The molecule has 0 unspecified atom stereocenters. The van der Waals surface area contributed by atoms with Gasteiger partial charge in [-0.15, -0.1) is 0 Å². The molecule has 140 valence electrons. The summed E-state index contributed by atoms with van der Waals surface area (Å²) in [5, 5.41) is 5.09. The van der Waals surface area contributed by atoms with Crippen molar-refractivity contribution >= 4 is 23.0 Å². The van der Waals surface area contributed by atoms with Gasteiger partial charge in [-0.3, -0.25) is 4.79 Å². The van der Waals surface area contributed by atoms with E-state index in [1.54, 1.807) is 18.7 Å². The number of aryl methyl sites for hydroxylation is 1. The number of hydrogen-bond acceptors (Lipinski definition) is 4. The van der Waals surface area contributed by atoms with Crippen LogP contribution < -0.4 is 10.2 Å². The van der Waals surface area contributed by atoms with E-state index in [2.05, 4.69) is 15.5 Å². The normalized spacial score (nSPS) is 11.2. The Morgan fingerprint density at radius 3 is 2.96 bits per heavy atom. The first-order valence-corrected chi connectivity index (χ1v) is 8.85. The molecule has 4 rings (SSSR count). The molecule has 0 spiro atoms. The second kappa shape index (κ2) is 7.84. The molecule has 1 amide bonds. The standard InChI is InChI=1S/C22H19N3O3/c1-15-4-2-6-19(17-9-11-27-13-17)22(15)28-14-21(26)25-24-12-16-5-3-7-20-18(16)8-10-23-20/h2-13,23H,14H2,1H3,(H,25,26)/b24-12+. The van der Waals surface area contributed by atoms with Gasteiger partial charge in [-0.05, 0) is 30.7 Å². The van der Waals surface area contributed by atoms with E-state index in [9.17, 15) is 4.79 Å². The van der Waals surface area contributed by atoms with Gasteiger partial charge >= 0.3 is 0 Å². The second-order valence-electron chi connectivity index (χ2n) is 6.33. The highest BCUT2D eigenvalue weighted by molar-refractivity contribution is 5.98. The molecule has 0 bridgehead atoms. The number of carbonyl (C=O) groups excluding carboxylic acids is 1. The van der Waals surface area contributed by atoms with Crippen molar-refractivity contribution in [2.24, 2.45) is 5.10 Å². The monoisotopic (exact) mass is 373 g/mol. The van der Waals surface area contributed by atoms with Crippen LogP contribution in [0.1, 0.15) is 11.1 Å². The van der Waals surface area contributed by atoms with Gasteiger partial charge in [0.05, 0.1) is 18.7 Å². The summed E-state index contributed by atoms with van der Waals surface area (Å²) in [6.07, 6.45) is 6.74. The molecule has 0 fully saturated rings. The van der Waals surface area contributed by atoms with E-state index in [1.165, 1.54) is 0 Å². The van der Waals surface area contributed by atoms with Gasteiger partial charge in [-0.1, -0.05) is 30.3 Å². The first-order chi connectivity index (χ1) is 13.7. The summed E-state index contributed by atoms with van der Waals surface area (Å²) in [4.78, 5) is 15.3. The van der Waals surface area contributed by atoms with Crippen molar-refractivity contribution in [2.75, 3.05) is 6.61 Å². The number of aromatic amines is 1. The number of ether oxygens (including phenoxy) is 1. The number of benzene rings is 2. The van der Waals surface area contributed by atoms with Crippen LogP contribution in [-0.4, -0.2) is 23.7 Å². The van der Waals surface area contributed by atoms with Gasteiger partial charge in [-0.25, -0.2) is 5.43 Å². The van der Waals surface area contributed by atoms with Crippen LogP contribution in [-0.2, 0) is 4.79 Å². The molecule has 2 aromatic heterocycles. The van der Waals surface area contributed by atoms with Crippen molar-refractivity contribution in [3.63, 3.8) is 0 Å². The Labute approximate surface area is 161 Å². The summed E-state index contributed by atoms with van der Waals surface area (Å²) in [6, 6.07) is 15.5. The number of aromatic nitrogens is 1. The van der Waals surface area contributed by atoms with Crippen molar-refractivity contribution in [1.82, 2.24) is 10.4 Å². The number of amides is 1. The van der Waals surface area contributed by atoms with Crippen LogP contribution in [0.5, 0.6) is 5.75 Å². The summed E-state index contributed by atoms with van der Waals surface area (Å²) in [5.74, 6) is 0.319. The molecule has 0 atom stereocenters. The Balaban J connectivity index is 1.41. The molecule has 4 aromatic rings. The number of nitrogens with one attached hydrogen (secondary N) is 2. The minimum Gasteiger partial charge on any atom is -0.483 e.